The van der Waals surface area contributed by atoms with Crippen LogP contribution in [0.3, 0.4) is 0 Å². The highest BCUT2D eigenvalue weighted by Crippen LogP contribution is 2.55. The van der Waals surface area contributed by atoms with E-state index in [1.165, 1.54) is 0 Å². The summed E-state index contributed by atoms with van der Waals surface area (Å²) in [5.74, 6) is 3.65. The molecule has 0 atom stereocenters. The lowest BCUT2D eigenvalue weighted by Crippen LogP contribution is -2.08. The second-order valence-corrected chi connectivity index (χ2v) is 4.77. The van der Waals surface area contributed by atoms with Gasteiger partial charge in [0.05, 0.1) is 26.4 Å². The van der Waals surface area contributed by atoms with Crippen molar-refractivity contribution < 1.29 is 18.9 Å². The molecule has 0 bridgehead atoms. The molecule has 20 heavy (non-hydrogen) atoms. The van der Waals surface area contributed by atoms with Gasteiger partial charge in [-0.25, -0.2) is 0 Å². The van der Waals surface area contributed by atoms with E-state index in [9.17, 15) is 0 Å². The van der Waals surface area contributed by atoms with E-state index >= 15 is 0 Å². The molecule has 1 aromatic carbocycles. The molecule has 0 N–H and O–H groups in total. The Morgan fingerprint density at radius 1 is 1.20 bits per heavy atom. The van der Waals surface area contributed by atoms with Crippen LogP contribution in [0.1, 0.15) is 24.5 Å². The van der Waals surface area contributed by atoms with Gasteiger partial charge in [-0.3, -0.25) is 0 Å². The minimum atomic E-state index is 0.630. The van der Waals surface area contributed by atoms with Crippen LogP contribution in [0, 0.1) is 0 Å². The van der Waals surface area contributed by atoms with Crippen molar-refractivity contribution in [1.29, 1.82) is 0 Å². The quantitative estimate of drug-likeness (QED) is 0.847. The van der Waals surface area contributed by atoms with Gasteiger partial charge in [0, 0.05) is 18.4 Å². The maximum absolute atomic E-state index is 5.96. The van der Waals surface area contributed by atoms with Gasteiger partial charge in [0.1, 0.15) is 11.5 Å². The fourth-order valence-electron chi connectivity index (χ4n) is 2.75. The van der Waals surface area contributed by atoms with Crippen molar-refractivity contribution in [1.82, 2.24) is 0 Å². The molecular weight excluding hydrogens is 256 g/mol. The normalized spacial score (nSPS) is 15.8. The molecule has 0 unspecified atom stereocenters. The summed E-state index contributed by atoms with van der Waals surface area (Å²) in [7, 11) is 3.28. The first-order valence-corrected chi connectivity index (χ1v) is 6.72. The zero-order chi connectivity index (χ0) is 14.3. The molecule has 2 aliphatic rings. The van der Waals surface area contributed by atoms with E-state index in [0.717, 1.165) is 46.8 Å². The number of fused-ring (bicyclic) bond motifs is 2. The van der Waals surface area contributed by atoms with Gasteiger partial charge < -0.3 is 18.9 Å². The molecule has 0 amide bonds. The van der Waals surface area contributed by atoms with Crippen LogP contribution < -0.4 is 18.9 Å². The lowest BCUT2D eigenvalue weighted by molar-refractivity contribution is 0.306. The highest BCUT2D eigenvalue weighted by Gasteiger charge is 2.33. The van der Waals surface area contributed by atoms with Crippen molar-refractivity contribution in [3.8, 4) is 23.0 Å². The molecule has 0 spiro atoms. The summed E-state index contributed by atoms with van der Waals surface area (Å²) >= 11 is 0. The summed E-state index contributed by atoms with van der Waals surface area (Å²) in [4.78, 5) is 0. The maximum Gasteiger partial charge on any atom is 0.205 e. The molecular formula is C16H18O4. The standard InChI is InChI=1S/C16H18O4/c1-5-10-8-9(2)12-13(17-3)11-6-7-19-14(11)16(18-4)15(12)20-10/h8H,2,5-7H2,1,3-4H3. The molecule has 106 valence electrons. The average Bonchev–Trinajstić information content (AvgIpc) is 2.93. The van der Waals surface area contributed by atoms with E-state index in [4.69, 9.17) is 18.9 Å². The number of hydrogen-bond donors (Lipinski definition) is 0. The second kappa shape index (κ2) is 4.78. The van der Waals surface area contributed by atoms with Crippen LogP contribution in [0.4, 0.5) is 0 Å². The first-order valence-electron chi connectivity index (χ1n) is 6.72. The Morgan fingerprint density at radius 2 is 1.95 bits per heavy atom. The van der Waals surface area contributed by atoms with Crippen molar-refractivity contribution in [2.75, 3.05) is 20.8 Å². The Morgan fingerprint density at radius 3 is 2.60 bits per heavy atom. The Balaban J connectivity index is 2.30. The number of benzene rings is 1. The van der Waals surface area contributed by atoms with Gasteiger partial charge in [0.2, 0.25) is 5.75 Å². The molecule has 4 heteroatoms. The Hall–Kier alpha value is -2.10. The molecule has 2 heterocycles. The van der Waals surface area contributed by atoms with Crippen LogP contribution in [0.2, 0.25) is 0 Å². The molecule has 3 rings (SSSR count). The van der Waals surface area contributed by atoms with Gasteiger partial charge in [0.15, 0.2) is 11.5 Å². The van der Waals surface area contributed by atoms with Gasteiger partial charge in [-0.15, -0.1) is 0 Å². The van der Waals surface area contributed by atoms with E-state index in [1.54, 1.807) is 14.2 Å². The lowest BCUT2D eigenvalue weighted by atomic mass is 9.96. The van der Waals surface area contributed by atoms with Crippen molar-refractivity contribution in [2.45, 2.75) is 19.8 Å². The van der Waals surface area contributed by atoms with Crippen LogP contribution in [0.15, 0.2) is 18.4 Å². The topological polar surface area (TPSA) is 36.9 Å². The van der Waals surface area contributed by atoms with Crippen molar-refractivity contribution in [2.24, 2.45) is 0 Å². The predicted octanol–water partition coefficient (Wildman–Crippen LogP) is 3.34. The van der Waals surface area contributed by atoms with Crippen LogP contribution in [0.25, 0.3) is 5.57 Å². The molecule has 0 aliphatic carbocycles. The Kier molecular flexibility index (Phi) is 3.08. The average molecular weight is 274 g/mol. The summed E-state index contributed by atoms with van der Waals surface area (Å²) in [5, 5.41) is 0. The summed E-state index contributed by atoms with van der Waals surface area (Å²) < 4.78 is 22.8. The lowest BCUT2D eigenvalue weighted by Gasteiger charge is -2.25. The molecule has 0 saturated heterocycles. The summed E-state index contributed by atoms with van der Waals surface area (Å²) in [6.45, 7) is 6.80. The molecule has 0 saturated carbocycles. The molecule has 0 radical (unpaired) electrons. The number of rotatable bonds is 3. The Bertz CT molecular complexity index is 614. The first-order chi connectivity index (χ1) is 9.71. The zero-order valence-electron chi connectivity index (χ0n) is 12.0. The highest BCUT2D eigenvalue weighted by atomic mass is 16.5. The fraction of sp³-hybridized carbons (Fsp3) is 0.375. The van der Waals surface area contributed by atoms with E-state index < -0.39 is 0 Å². The minimum absolute atomic E-state index is 0.630. The van der Waals surface area contributed by atoms with Crippen LogP contribution in [0.5, 0.6) is 23.0 Å². The molecule has 1 aromatic rings. The molecule has 0 aromatic heterocycles. The van der Waals surface area contributed by atoms with Gasteiger partial charge in [-0.1, -0.05) is 13.5 Å². The van der Waals surface area contributed by atoms with Crippen molar-refractivity contribution >= 4 is 5.57 Å². The van der Waals surface area contributed by atoms with Gasteiger partial charge in [0.25, 0.3) is 0 Å². The van der Waals surface area contributed by atoms with E-state index in [2.05, 4.69) is 6.58 Å². The third-order valence-corrected chi connectivity index (χ3v) is 3.66. The molecule has 2 aliphatic heterocycles. The highest BCUT2D eigenvalue weighted by molar-refractivity contribution is 5.87. The molecule has 4 nitrogen and oxygen atoms in total. The number of allylic oxidation sites excluding steroid dienone is 3. The van der Waals surface area contributed by atoms with Gasteiger partial charge in [-0.2, -0.15) is 0 Å². The number of ether oxygens (including phenoxy) is 4. The summed E-state index contributed by atoms with van der Waals surface area (Å²) in [6.07, 6.45) is 3.55. The minimum Gasteiger partial charge on any atom is -0.496 e. The fourth-order valence-corrected chi connectivity index (χ4v) is 2.75. The van der Waals surface area contributed by atoms with Crippen LogP contribution >= 0.6 is 0 Å². The van der Waals surface area contributed by atoms with E-state index in [0.29, 0.717) is 18.1 Å². The SMILES string of the molecule is C=C1C=C(CC)Oc2c(OC)c3c(c(OC)c21)CCO3. The van der Waals surface area contributed by atoms with Crippen molar-refractivity contribution in [3.05, 3.63) is 29.5 Å². The maximum atomic E-state index is 5.96. The second-order valence-electron chi connectivity index (χ2n) is 4.77. The van der Waals surface area contributed by atoms with Crippen LogP contribution in [-0.4, -0.2) is 20.8 Å². The number of methoxy groups -OCH3 is 2. The monoisotopic (exact) mass is 274 g/mol. The zero-order valence-corrected chi connectivity index (χ0v) is 12.0. The smallest absolute Gasteiger partial charge is 0.205 e. The van der Waals surface area contributed by atoms with Crippen molar-refractivity contribution in [3.63, 3.8) is 0 Å². The third-order valence-electron chi connectivity index (χ3n) is 3.66. The summed E-state index contributed by atoms with van der Waals surface area (Å²) in [6, 6.07) is 0. The van der Waals surface area contributed by atoms with Crippen LogP contribution in [-0.2, 0) is 6.42 Å². The van der Waals surface area contributed by atoms with Gasteiger partial charge in [-0.05, 0) is 11.6 Å². The third kappa shape index (κ3) is 1.68. The first kappa shape index (κ1) is 12.9. The van der Waals surface area contributed by atoms with Gasteiger partial charge >= 0.3 is 0 Å². The number of hydrogen-bond acceptors (Lipinski definition) is 4. The molecule has 0 fully saturated rings. The Labute approximate surface area is 118 Å². The van der Waals surface area contributed by atoms with E-state index in [-0.39, 0.29) is 0 Å². The van der Waals surface area contributed by atoms with E-state index in [1.807, 2.05) is 13.0 Å². The summed E-state index contributed by atoms with van der Waals surface area (Å²) in [5.41, 5.74) is 2.78. The largest absolute Gasteiger partial charge is 0.496 e. The predicted molar refractivity (Wildman–Crippen MR) is 76.8 cm³/mol.